The highest BCUT2D eigenvalue weighted by Gasteiger charge is 2.20. The number of nitrogens with two attached hydrogens (primary N) is 1. The van der Waals surface area contributed by atoms with Crippen LogP contribution in [0, 0.1) is 0 Å². The van der Waals surface area contributed by atoms with Crippen LogP contribution in [0.2, 0.25) is 0 Å². The number of thioether (sulfide) groups is 1. The van der Waals surface area contributed by atoms with E-state index < -0.39 is 0 Å². The van der Waals surface area contributed by atoms with Crippen LogP contribution >= 0.6 is 11.8 Å². The van der Waals surface area contributed by atoms with Gasteiger partial charge >= 0.3 is 0 Å². The zero-order valence-electron chi connectivity index (χ0n) is 7.86. The van der Waals surface area contributed by atoms with Gasteiger partial charge in [-0.2, -0.15) is 11.8 Å². The van der Waals surface area contributed by atoms with Crippen LogP contribution < -0.4 is 11.2 Å². The topological polar surface area (TPSA) is 70.6 Å². The first-order valence-electron chi connectivity index (χ1n) is 4.52. The van der Waals surface area contributed by atoms with E-state index in [1.165, 1.54) is 12.8 Å². The van der Waals surface area contributed by atoms with Gasteiger partial charge in [0.25, 0.3) is 0 Å². The average molecular weight is 203 g/mol. The lowest BCUT2D eigenvalue weighted by atomic mass is 9.95. The Kier molecular flexibility index (Phi) is 4.38. The molecule has 1 rings (SSSR count). The Morgan fingerprint density at radius 3 is 3.00 bits per heavy atom. The molecule has 0 radical (unpaired) electrons. The van der Waals surface area contributed by atoms with Crippen molar-refractivity contribution in [2.45, 2.75) is 37.0 Å². The van der Waals surface area contributed by atoms with Crippen LogP contribution in [0.5, 0.6) is 0 Å². The quantitative estimate of drug-likeness (QED) is 0.355. The first-order chi connectivity index (χ1) is 6.26. The van der Waals surface area contributed by atoms with Crippen molar-refractivity contribution in [3.8, 4) is 0 Å². The number of guanidine groups is 1. The van der Waals surface area contributed by atoms with Crippen molar-refractivity contribution in [2.75, 3.05) is 6.26 Å². The molecule has 1 fully saturated rings. The van der Waals surface area contributed by atoms with Crippen LogP contribution in [0.4, 0.5) is 0 Å². The second kappa shape index (κ2) is 5.34. The monoisotopic (exact) mass is 203 g/mol. The van der Waals surface area contributed by atoms with E-state index in [9.17, 15) is 0 Å². The Balaban J connectivity index is 2.42. The minimum Gasteiger partial charge on any atom is -0.368 e. The fraction of sp³-hybridized carbons (Fsp3) is 0.875. The fourth-order valence-electron chi connectivity index (χ4n) is 1.68. The van der Waals surface area contributed by atoms with Gasteiger partial charge in [-0.05, 0) is 25.5 Å². The summed E-state index contributed by atoms with van der Waals surface area (Å²) in [4.78, 5) is 4.17. The van der Waals surface area contributed by atoms with Gasteiger partial charge in [0.15, 0.2) is 0 Å². The van der Waals surface area contributed by atoms with E-state index in [2.05, 4.69) is 11.2 Å². The summed E-state index contributed by atoms with van der Waals surface area (Å²) in [6.45, 7) is 0. The third kappa shape index (κ3) is 3.44. The van der Waals surface area contributed by atoms with E-state index in [1.807, 2.05) is 17.2 Å². The molecule has 0 aromatic rings. The number of hydrogen-bond donors (Lipinski definition) is 3. The van der Waals surface area contributed by atoms with E-state index in [0.717, 1.165) is 12.8 Å². The lowest BCUT2D eigenvalue weighted by molar-refractivity contribution is 0.231. The highest BCUT2D eigenvalue weighted by atomic mass is 32.2. The lowest BCUT2D eigenvalue weighted by Crippen LogP contribution is -2.31. The largest absolute Gasteiger partial charge is 0.368 e. The van der Waals surface area contributed by atoms with Gasteiger partial charge in [0.1, 0.15) is 0 Å². The van der Waals surface area contributed by atoms with Gasteiger partial charge in [0.2, 0.25) is 5.96 Å². The average Bonchev–Trinajstić information content (AvgIpc) is 2.18. The second-order valence-electron chi connectivity index (χ2n) is 3.30. The smallest absolute Gasteiger partial charge is 0.213 e. The Bertz CT molecular complexity index is 186. The van der Waals surface area contributed by atoms with Crippen molar-refractivity contribution >= 4 is 17.7 Å². The van der Waals surface area contributed by atoms with Crippen LogP contribution in [0.15, 0.2) is 4.99 Å². The summed E-state index contributed by atoms with van der Waals surface area (Å²) in [6, 6.07) is 0.283. The molecule has 0 amide bonds. The molecule has 5 heteroatoms. The Morgan fingerprint density at radius 1 is 1.62 bits per heavy atom. The molecule has 0 saturated heterocycles. The van der Waals surface area contributed by atoms with Crippen molar-refractivity contribution in [3.63, 3.8) is 0 Å². The molecule has 1 saturated carbocycles. The summed E-state index contributed by atoms with van der Waals surface area (Å²) >= 11 is 1.89. The number of nitrogens with zero attached hydrogens (tertiary/aromatic N) is 1. The van der Waals surface area contributed by atoms with E-state index in [-0.39, 0.29) is 12.0 Å². The highest BCUT2D eigenvalue weighted by molar-refractivity contribution is 7.99. The maximum Gasteiger partial charge on any atom is 0.213 e. The summed E-state index contributed by atoms with van der Waals surface area (Å²) < 4.78 is 0. The predicted octanol–water partition coefficient (Wildman–Crippen LogP) is 0.954. The first kappa shape index (κ1) is 10.7. The lowest BCUT2D eigenvalue weighted by Gasteiger charge is -2.25. The Labute approximate surface area is 82.9 Å². The molecule has 1 aliphatic carbocycles. The zero-order valence-corrected chi connectivity index (χ0v) is 8.68. The molecule has 1 aliphatic rings. The number of nitrogens with one attached hydrogen (secondary N) is 1. The summed E-state index contributed by atoms with van der Waals surface area (Å²) in [5.41, 5.74) is 7.24. The van der Waals surface area contributed by atoms with E-state index >= 15 is 0 Å². The van der Waals surface area contributed by atoms with Gasteiger partial charge in [-0.3, -0.25) is 5.21 Å². The maximum atomic E-state index is 8.48. The molecule has 13 heavy (non-hydrogen) atoms. The third-order valence-electron chi connectivity index (χ3n) is 2.37. The van der Waals surface area contributed by atoms with E-state index in [4.69, 9.17) is 10.9 Å². The van der Waals surface area contributed by atoms with Gasteiger partial charge in [-0.15, -0.1) is 0 Å². The van der Waals surface area contributed by atoms with Crippen molar-refractivity contribution in [2.24, 2.45) is 10.7 Å². The van der Waals surface area contributed by atoms with Crippen LogP contribution in [-0.4, -0.2) is 28.7 Å². The molecule has 2 unspecified atom stereocenters. The molecule has 0 aromatic heterocycles. The Hall–Kier alpha value is -0.420. The molecule has 4 nitrogen and oxygen atoms in total. The van der Waals surface area contributed by atoms with Gasteiger partial charge in [0, 0.05) is 5.25 Å². The molecule has 0 aromatic carbocycles. The standard InChI is InChI=1S/C8H17N3OS/c1-13-7-4-2-3-6(5-7)10-8(9)11-12/h6-7,12H,2-5H2,1H3,(H3,9,10,11). The van der Waals surface area contributed by atoms with Gasteiger partial charge in [-0.1, -0.05) is 6.42 Å². The Morgan fingerprint density at radius 2 is 2.38 bits per heavy atom. The molecule has 0 spiro atoms. The predicted molar refractivity (Wildman–Crippen MR) is 56.1 cm³/mol. The molecule has 0 bridgehead atoms. The molecular weight excluding hydrogens is 186 g/mol. The highest BCUT2D eigenvalue weighted by Crippen LogP contribution is 2.28. The SMILES string of the molecule is CSC1CCCC(N=C(N)NO)C1. The molecule has 0 heterocycles. The number of aliphatic imine (C=N–C) groups is 1. The number of hydroxylamine groups is 1. The zero-order chi connectivity index (χ0) is 9.68. The van der Waals surface area contributed by atoms with E-state index in [0.29, 0.717) is 5.25 Å². The molecule has 0 aliphatic heterocycles. The minimum absolute atomic E-state index is 0.131. The number of hydrogen-bond acceptors (Lipinski definition) is 3. The van der Waals surface area contributed by atoms with Crippen molar-refractivity contribution in [1.82, 2.24) is 5.48 Å². The summed E-state index contributed by atoms with van der Waals surface area (Å²) in [5.74, 6) is 0.131. The van der Waals surface area contributed by atoms with Crippen molar-refractivity contribution in [1.29, 1.82) is 0 Å². The summed E-state index contributed by atoms with van der Waals surface area (Å²) in [5, 5.41) is 9.18. The minimum atomic E-state index is 0.131. The number of rotatable bonds is 2. The molecule has 4 N–H and O–H groups in total. The normalized spacial score (nSPS) is 30.2. The maximum absolute atomic E-state index is 8.48. The molecule has 76 valence electrons. The fourth-order valence-corrected chi connectivity index (χ4v) is 2.49. The van der Waals surface area contributed by atoms with E-state index in [1.54, 1.807) is 0 Å². The first-order valence-corrected chi connectivity index (χ1v) is 5.81. The summed E-state index contributed by atoms with van der Waals surface area (Å²) in [7, 11) is 0. The molecular formula is C8H17N3OS. The van der Waals surface area contributed by atoms with Crippen molar-refractivity contribution in [3.05, 3.63) is 0 Å². The van der Waals surface area contributed by atoms with Gasteiger partial charge < -0.3 is 5.73 Å². The van der Waals surface area contributed by atoms with Gasteiger partial charge in [0.05, 0.1) is 6.04 Å². The van der Waals surface area contributed by atoms with Crippen LogP contribution in [0.1, 0.15) is 25.7 Å². The second-order valence-corrected chi connectivity index (χ2v) is 4.44. The van der Waals surface area contributed by atoms with Crippen molar-refractivity contribution < 1.29 is 5.21 Å². The summed E-state index contributed by atoms with van der Waals surface area (Å²) in [6.07, 6.45) is 6.77. The van der Waals surface area contributed by atoms with Crippen LogP contribution in [0.25, 0.3) is 0 Å². The van der Waals surface area contributed by atoms with Crippen LogP contribution in [0.3, 0.4) is 0 Å². The van der Waals surface area contributed by atoms with Gasteiger partial charge in [-0.25, -0.2) is 10.5 Å². The third-order valence-corrected chi connectivity index (χ3v) is 3.46. The van der Waals surface area contributed by atoms with Crippen LogP contribution in [-0.2, 0) is 0 Å². The molecule has 2 atom stereocenters.